The molecule has 0 aliphatic heterocycles. The molecule has 0 heterocycles. The molecule has 0 aromatic rings. The molecule has 0 aromatic heterocycles. The van der Waals surface area contributed by atoms with Gasteiger partial charge < -0.3 is 10.8 Å². The van der Waals surface area contributed by atoms with Gasteiger partial charge in [0.15, 0.2) is 0 Å². The van der Waals surface area contributed by atoms with Crippen molar-refractivity contribution in [2.24, 2.45) is 5.73 Å². The smallest absolute Gasteiger partial charge is 0.316 e. The van der Waals surface area contributed by atoms with E-state index in [1.165, 1.54) is 11.8 Å². The fourth-order valence-corrected chi connectivity index (χ4v) is 1.65. The predicted octanol–water partition coefficient (Wildman–Crippen LogP) is 0.458. The molecule has 0 spiro atoms. The van der Waals surface area contributed by atoms with Gasteiger partial charge in [-0.05, 0) is 6.42 Å². The van der Waals surface area contributed by atoms with Crippen LogP contribution in [0.2, 0.25) is 0 Å². The van der Waals surface area contributed by atoms with E-state index in [2.05, 4.69) is 0 Å². The highest BCUT2D eigenvalue weighted by molar-refractivity contribution is 8.00. The molecule has 0 saturated heterocycles. The summed E-state index contributed by atoms with van der Waals surface area (Å²) < 4.78 is 0. The molecule has 4 nitrogen and oxygen atoms in total. The van der Waals surface area contributed by atoms with E-state index < -0.39 is 11.2 Å². The molecule has 3 N–H and O–H groups in total. The van der Waals surface area contributed by atoms with E-state index in [1.54, 1.807) is 6.92 Å². The van der Waals surface area contributed by atoms with Crippen LogP contribution in [0.15, 0.2) is 0 Å². The Morgan fingerprint density at radius 1 is 1.58 bits per heavy atom. The molecule has 1 atom stereocenters. The number of primary amides is 1. The van der Waals surface area contributed by atoms with Crippen LogP contribution >= 0.6 is 11.8 Å². The second-order valence-corrected chi connectivity index (χ2v) is 3.63. The average molecular weight is 191 g/mol. The normalized spacial score (nSPS) is 12.4. The summed E-state index contributed by atoms with van der Waals surface area (Å²) in [7, 11) is 0. The van der Waals surface area contributed by atoms with E-state index in [0.717, 1.165) is 0 Å². The molecule has 0 aliphatic carbocycles. The Kier molecular flexibility index (Phi) is 5.53. The van der Waals surface area contributed by atoms with Gasteiger partial charge in [-0.1, -0.05) is 6.92 Å². The summed E-state index contributed by atoms with van der Waals surface area (Å²) in [5, 5.41) is 8.19. The first-order chi connectivity index (χ1) is 5.57. The number of hydrogen-bond acceptors (Lipinski definition) is 3. The van der Waals surface area contributed by atoms with Crippen LogP contribution in [0.1, 0.15) is 19.8 Å². The van der Waals surface area contributed by atoms with E-state index in [4.69, 9.17) is 10.8 Å². The Morgan fingerprint density at radius 3 is 2.50 bits per heavy atom. The average Bonchev–Trinajstić information content (AvgIpc) is 1.96. The Bertz CT molecular complexity index is 172. The van der Waals surface area contributed by atoms with Crippen molar-refractivity contribution in [2.75, 3.05) is 5.75 Å². The number of thioether (sulfide) groups is 1. The molecule has 0 aromatic carbocycles. The van der Waals surface area contributed by atoms with Gasteiger partial charge in [0.1, 0.15) is 5.25 Å². The maximum atomic E-state index is 10.5. The number of aliphatic carboxylic acids is 1. The number of nitrogens with two attached hydrogens (primary N) is 1. The summed E-state index contributed by atoms with van der Waals surface area (Å²) in [6.07, 6.45) is 0.813. The van der Waals surface area contributed by atoms with E-state index in [0.29, 0.717) is 12.2 Å². The van der Waals surface area contributed by atoms with Crippen LogP contribution < -0.4 is 5.73 Å². The molecule has 12 heavy (non-hydrogen) atoms. The van der Waals surface area contributed by atoms with Gasteiger partial charge in [0, 0.05) is 12.2 Å². The number of rotatable bonds is 6. The maximum absolute atomic E-state index is 10.5. The lowest BCUT2D eigenvalue weighted by atomic mass is 10.3. The topological polar surface area (TPSA) is 80.4 Å². The minimum absolute atomic E-state index is 0.244. The van der Waals surface area contributed by atoms with Crippen molar-refractivity contribution in [1.29, 1.82) is 0 Å². The van der Waals surface area contributed by atoms with Crippen molar-refractivity contribution in [3.63, 3.8) is 0 Å². The fourth-order valence-electron chi connectivity index (χ4n) is 0.666. The van der Waals surface area contributed by atoms with Crippen molar-refractivity contribution >= 4 is 23.6 Å². The molecule has 0 fully saturated rings. The first kappa shape index (κ1) is 11.3. The maximum Gasteiger partial charge on any atom is 0.316 e. The summed E-state index contributed by atoms with van der Waals surface area (Å²) >= 11 is 1.26. The number of hydrogen-bond donors (Lipinski definition) is 2. The van der Waals surface area contributed by atoms with Gasteiger partial charge in [0.2, 0.25) is 5.91 Å². The zero-order valence-electron chi connectivity index (χ0n) is 6.95. The zero-order chi connectivity index (χ0) is 9.56. The Balaban J connectivity index is 3.59. The minimum atomic E-state index is -0.827. The van der Waals surface area contributed by atoms with Gasteiger partial charge in [0.25, 0.3) is 0 Å². The molecule has 1 unspecified atom stereocenters. The molecule has 0 radical (unpaired) electrons. The summed E-state index contributed by atoms with van der Waals surface area (Å²) in [5.41, 5.74) is 4.90. The largest absolute Gasteiger partial charge is 0.480 e. The second kappa shape index (κ2) is 5.88. The Morgan fingerprint density at radius 2 is 2.17 bits per heavy atom. The minimum Gasteiger partial charge on any atom is -0.480 e. The number of amides is 1. The SMILES string of the molecule is CCC(SCCC(N)=O)C(=O)O. The van der Waals surface area contributed by atoms with Gasteiger partial charge in [-0.15, -0.1) is 11.8 Å². The molecular formula is C7H13NO3S. The third-order valence-electron chi connectivity index (χ3n) is 1.31. The van der Waals surface area contributed by atoms with Crippen molar-refractivity contribution in [3.05, 3.63) is 0 Å². The lowest BCUT2D eigenvalue weighted by Crippen LogP contribution is -2.17. The van der Waals surface area contributed by atoms with Crippen LogP contribution in [0.3, 0.4) is 0 Å². The molecule has 0 bridgehead atoms. The lowest BCUT2D eigenvalue weighted by Gasteiger charge is -2.07. The van der Waals surface area contributed by atoms with Crippen molar-refractivity contribution in [3.8, 4) is 0 Å². The summed E-state index contributed by atoms with van der Waals surface area (Å²) in [6.45, 7) is 1.80. The van der Waals surface area contributed by atoms with Crippen LogP contribution in [0.4, 0.5) is 0 Å². The van der Waals surface area contributed by atoms with Crippen molar-refractivity contribution in [1.82, 2.24) is 0 Å². The fraction of sp³-hybridized carbons (Fsp3) is 0.714. The van der Waals surface area contributed by atoms with Crippen molar-refractivity contribution in [2.45, 2.75) is 25.0 Å². The molecule has 5 heteroatoms. The van der Waals surface area contributed by atoms with Gasteiger partial charge in [-0.25, -0.2) is 0 Å². The van der Waals surface area contributed by atoms with Crippen LogP contribution in [0.25, 0.3) is 0 Å². The molecular weight excluding hydrogens is 178 g/mol. The van der Waals surface area contributed by atoms with Crippen molar-refractivity contribution < 1.29 is 14.7 Å². The standard InChI is InChI=1S/C7H13NO3S/c1-2-5(7(10)11)12-4-3-6(8)9/h5H,2-4H2,1H3,(H2,8,9)(H,10,11). The summed E-state index contributed by atoms with van der Waals surface area (Å²) in [6, 6.07) is 0. The first-order valence-electron chi connectivity index (χ1n) is 3.70. The number of carbonyl (C=O) groups is 2. The number of carboxylic acid groups (broad SMARTS) is 1. The third kappa shape index (κ3) is 5.01. The number of carboxylic acids is 1. The highest BCUT2D eigenvalue weighted by Crippen LogP contribution is 2.15. The molecule has 1 amide bonds. The second-order valence-electron chi connectivity index (χ2n) is 2.32. The Labute approximate surface area is 75.5 Å². The lowest BCUT2D eigenvalue weighted by molar-refractivity contribution is -0.136. The summed E-state index contributed by atoms with van der Waals surface area (Å²) in [4.78, 5) is 20.8. The van der Waals surface area contributed by atoms with Crippen LogP contribution in [0.5, 0.6) is 0 Å². The van der Waals surface area contributed by atoms with E-state index >= 15 is 0 Å². The highest BCUT2D eigenvalue weighted by Gasteiger charge is 2.14. The number of carbonyl (C=O) groups excluding carboxylic acids is 1. The van der Waals surface area contributed by atoms with Crippen LogP contribution in [0, 0.1) is 0 Å². The summed E-state index contributed by atoms with van der Waals surface area (Å²) in [5.74, 6) is -0.727. The molecule has 70 valence electrons. The third-order valence-corrected chi connectivity index (χ3v) is 2.69. The van der Waals surface area contributed by atoms with Gasteiger partial charge in [0.05, 0.1) is 0 Å². The van der Waals surface area contributed by atoms with E-state index in [-0.39, 0.29) is 12.3 Å². The predicted molar refractivity (Wildman–Crippen MR) is 48.0 cm³/mol. The van der Waals surface area contributed by atoms with Crippen LogP contribution in [-0.2, 0) is 9.59 Å². The van der Waals surface area contributed by atoms with Gasteiger partial charge >= 0.3 is 5.97 Å². The first-order valence-corrected chi connectivity index (χ1v) is 4.75. The quantitative estimate of drug-likeness (QED) is 0.639. The molecule has 0 saturated carbocycles. The highest BCUT2D eigenvalue weighted by atomic mass is 32.2. The Hall–Kier alpha value is -0.710. The van der Waals surface area contributed by atoms with Crippen LogP contribution in [-0.4, -0.2) is 28.0 Å². The zero-order valence-corrected chi connectivity index (χ0v) is 7.76. The van der Waals surface area contributed by atoms with E-state index in [9.17, 15) is 9.59 Å². The van der Waals surface area contributed by atoms with Gasteiger partial charge in [-0.2, -0.15) is 0 Å². The van der Waals surface area contributed by atoms with Gasteiger partial charge in [-0.3, -0.25) is 9.59 Å². The molecule has 0 rings (SSSR count). The molecule has 0 aliphatic rings. The monoisotopic (exact) mass is 191 g/mol. The van der Waals surface area contributed by atoms with E-state index in [1.807, 2.05) is 0 Å².